The first-order chi connectivity index (χ1) is 13.4. The van der Waals surface area contributed by atoms with Gasteiger partial charge in [0.1, 0.15) is 0 Å². The van der Waals surface area contributed by atoms with Crippen molar-refractivity contribution in [3.8, 4) is 11.1 Å². The van der Waals surface area contributed by atoms with E-state index in [2.05, 4.69) is 95.3 Å². The molecule has 132 valence electrons. The summed E-state index contributed by atoms with van der Waals surface area (Å²) in [5.41, 5.74) is 7.13. The molecule has 0 saturated heterocycles. The fraction of sp³-hybridized carbons (Fsp3) is 0.0800. The maximum absolute atomic E-state index is 4.20. The summed E-state index contributed by atoms with van der Waals surface area (Å²) in [6, 6.07) is 23.2. The Balaban J connectivity index is 1.64. The Hall–Kier alpha value is -3.39. The molecule has 2 heteroatoms. The van der Waals surface area contributed by atoms with Crippen LogP contribution in [-0.4, -0.2) is 4.98 Å². The van der Waals surface area contributed by atoms with Crippen LogP contribution < -0.4 is 5.32 Å². The third-order valence-electron chi connectivity index (χ3n) is 4.66. The molecule has 1 aromatic heterocycles. The number of aromatic nitrogens is 1. The molecule has 0 fully saturated rings. The van der Waals surface area contributed by atoms with Gasteiger partial charge in [-0.15, -0.1) is 0 Å². The second kappa shape index (κ2) is 8.33. The molecule has 0 amide bonds. The maximum Gasteiger partial charge on any atom is 0.0382 e. The highest BCUT2D eigenvalue weighted by Crippen LogP contribution is 2.27. The first-order valence-electron chi connectivity index (χ1n) is 9.29. The fourth-order valence-electron chi connectivity index (χ4n) is 3.26. The molecule has 0 radical (unpaired) electrons. The number of benzene rings is 2. The second-order valence-corrected chi connectivity index (χ2v) is 6.53. The topological polar surface area (TPSA) is 24.9 Å². The number of pyridine rings is 1. The molecule has 1 aliphatic rings. The van der Waals surface area contributed by atoms with Gasteiger partial charge in [0, 0.05) is 29.4 Å². The minimum absolute atomic E-state index is 0.982. The first kappa shape index (κ1) is 17.0. The van der Waals surface area contributed by atoms with Crippen LogP contribution in [0.15, 0.2) is 109 Å². The molecule has 3 aromatic rings. The molecular formula is C25H22N2. The van der Waals surface area contributed by atoms with Crippen molar-refractivity contribution in [1.82, 2.24) is 4.98 Å². The molecule has 2 nitrogen and oxygen atoms in total. The number of hydrogen-bond acceptors (Lipinski definition) is 2. The van der Waals surface area contributed by atoms with Gasteiger partial charge in [0.05, 0.1) is 0 Å². The predicted octanol–water partition coefficient (Wildman–Crippen LogP) is 6.48. The lowest BCUT2D eigenvalue weighted by atomic mass is 9.98. The van der Waals surface area contributed by atoms with Crippen LogP contribution in [0.5, 0.6) is 0 Å². The Labute approximate surface area is 160 Å². The van der Waals surface area contributed by atoms with Crippen LogP contribution in [0.1, 0.15) is 18.4 Å². The van der Waals surface area contributed by atoms with Crippen LogP contribution in [0.2, 0.25) is 0 Å². The molecule has 0 aliphatic heterocycles. The average Bonchev–Trinajstić information content (AvgIpc) is 2.72. The largest absolute Gasteiger partial charge is 0.358 e. The lowest BCUT2D eigenvalue weighted by molar-refractivity contribution is 0.984. The lowest BCUT2D eigenvalue weighted by Crippen LogP contribution is -2.03. The minimum Gasteiger partial charge on any atom is -0.358 e. The summed E-state index contributed by atoms with van der Waals surface area (Å²) >= 11 is 0. The maximum atomic E-state index is 4.20. The summed E-state index contributed by atoms with van der Waals surface area (Å²) in [5, 5.41) is 3.65. The van der Waals surface area contributed by atoms with Crippen molar-refractivity contribution in [1.29, 1.82) is 0 Å². The van der Waals surface area contributed by atoms with E-state index in [0.29, 0.717) is 0 Å². The molecule has 0 bridgehead atoms. The van der Waals surface area contributed by atoms with Crippen molar-refractivity contribution in [2.24, 2.45) is 0 Å². The van der Waals surface area contributed by atoms with Gasteiger partial charge in [-0.05, 0) is 47.7 Å². The molecule has 27 heavy (non-hydrogen) atoms. The molecule has 0 saturated carbocycles. The smallest absolute Gasteiger partial charge is 0.0382 e. The second-order valence-electron chi connectivity index (χ2n) is 6.53. The Morgan fingerprint density at radius 2 is 1.56 bits per heavy atom. The zero-order valence-electron chi connectivity index (χ0n) is 15.2. The summed E-state index contributed by atoms with van der Waals surface area (Å²) in [5.74, 6) is 0. The Kier molecular flexibility index (Phi) is 5.26. The Morgan fingerprint density at radius 3 is 2.33 bits per heavy atom. The van der Waals surface area contributed by atoms with Crippen molar-refractivity contribution in [2.45, 2.75) is 12.8 Å². The van der Waals surface area contributed by atoms with Gasteiger partial charge in [-0.1, -0.05) is 72.8 Å². The first-order valence-corrected chi connectivity index (χ1v) is 9.29. The highest BCUT2D eigenvalue weighted by Gasteiger charge is 2.09. The van der Waals surface area contributed by atoms with Gasteiger partial charge in [-0.2, -0.15) is 0 Å². The molecule has 1 heterocycles. The van der Waals surface area contributed by atoms with E-state index < -0.39 is 0 Å². The van der Waals surface area contributed by atoms with Gasteiger partial charge in [-0.25, -0.2) is 0 Å². The third kappa shape index (κ3) is 4.24. The highest BCUT2D eigenvalue weighted by atomic mass is 14.9. The molecule has 1 aliphatic carbocycles. The van der Waals surface area contributed by atoms with Crippen LogP contribution in [-0.2, 0) is 0 Å². The molecule has 0 unspecified atom stereocenters. The van der Waals surface area contributed by atoms with Crippen molar-refractivity contribution in [3.63, 3.8) is 0 Å². The summed E-state index contributed by atoms with van der Waals surface area (Å²) in [6.07, 6.45) is 14.4. The van der Waals surface area contributed by atoms with E-state index in [4.69, 9.17) is 0 Å². The Morgan fingerprint density at radius 1 is 0.741 bits per heavy atom. The number of nitrogens with zero attached hydrogens (tertiary/aromatic N) is 1. The molecule has 4 rings (SSSR count). The molecule has 0 atom stereocenters. The van der Waals surface area contributed by atoms with Crippen molar-refractivity contribution >= 4 is 11.3 Å². The van der Waals surface area contributed by atoms with E-state index in [1.54, 1.807) is 6.20 Å². The molecule has 1 N–H and O–H groups in total. The van der Waals surface area contributed by atoms with Crippen LogP contribution >= 0.6 is 0 Å². The molecule has 2 aromatic carbocycles. The molecular weight excluding hydrogens is 328 g/mol. The number of hydrogen-bond donors (Lipinski definition) is 1. The van der Waals surface area contributed by atoms with E-state index in [1.807, 2.05) is 12.3 Å². The van der Waals surface area contributed by atoms with Gasteiger partial charge >= 0.3 is 0 Å². The van der Waals surface area contributed by atoms with Crippen LogP contribution in [0, 0.1) is 0 Å². The SMILES string of the molecule is C1=CCC/C(Nc2ccc(-c3cccnc3)cc2)=C(c2ccccc2)\C=C/1. The van der Waals surface area contributed by atoms with Crippen LogP contribution in [0.25, 0.3) is 16.7 Å². The molecule has 0 spiro atoms. The highest BCUT2D eigenvalue weighted by molar-refractivity contribution is 5.80. The number of rotatable bonds is 4. The average molecular weight is 350 g/mol. The van der Waals surface area contributed by atoms with Crippen LogP contribution in [0.3, 0.4) is 0 Å². The Bertz CT molecular complexity index is 966. The van der Waals surface area contributed by atoms with Crippen molar-refractivity contribution in [2.75, 3.05) is 5.32 Å². The fourth-order valence-corrected chi connectivity index (χ4v) is 3.26. The lowest BCUT2D eigenvalue weighted by Gasteiger charge is -2.17. The van der Waals surface area contributed by atoms with Crippen molar-refractivity contribution < 1.29 is 0 Å². The van der Waals surface area contributed by atoms with Gasteiger partial charge in [0.25, 0.3) is 0 Å². The van der Waals surface area contributed by atoms with E-state index in [9.17, 15) is 0 Å². The zero-order chi connectivity index (χ0) is 18.3. The number of anilines is 1. The zero-order valence-corrected chi connectivity index (χ0v) is 15.2. The van der Waals surface area contributed by atoms with E-state index >= 15 is 0 Å². The quantitative estimate of drug-likeness (QED) is 0.582. The van der Waals surface area contributed by atoms with Gasteiger partial charge in [0.15, 0.2) is 0 Å². The number of allylic oxidation sites excluding steroid dienone is 6. The number of nitrogens with one attached hydrogen (secondary N) is 1. The third-order valence-corrected chi connectivity index (χ3v) is 4.66. The normalized spacial score (nSPS) is 17.8. The summed E-state index contributed by atoms with van der Waals surface area (Å²) in [7, 11) is 0. The van der Waals surface area contributed by atoms with Gasteiger partial charge in [0.2, 0.25) is 0 Å². The summed E-state index contributed by atoms with van der Waals surface area (Å²) < 4.78 is 0. The van der Waals surface area contributed by atoms with Gasteiger partial charge in [-0.3, -0.25) is 4.98 Å². The van der Waals surface area contributed by atoms with Gasteiger partial charge < -0.3 is 5.32 Å². The van der Waals surface area contributed by atoms with Crippen LogP contribution in [0.4, 0.5) is 5.69 Å². The monoisotopic (exact) mass is 350 g/mol. The van der Waals surface area contributed by atoms with E-state index in [-0.39, 0.29) is 0 Å². The predicted molar refractivity (Wildman–Crippen MR) is 114 cm³/mol. The van der Waals surface area contributed by atoms with Crippen molar-refractivity contribution in [3.05, 3.63) is 115 Å². The standard InChI is InChI=1S/C25H22N2/c1-2-7-13-25(24(12-6-1)21-9-4-3-5-10-21)27-23-16-14-20(15-17-23)22-11-8-18-26-19-22/h1-6,8-12,14-19,27H,7,13H2/b2-1?,12-6-,25-24-. The van der Waals surface area contributed by atoms with E-state index in [1.165, 1.54) is 22.4 Å². The van der Waals surface area contributed by atoms with E-state index in [0.717, 1.165) is 24.1 Å². The summed E-state index contributed by atoms with van der Waals surface area (Å²) in [4.78, 5) is 4.20. The minimum atomic E-state index is 0.982. The summed E-state index contributed by atoms with van der Waals surface area (Å²) in [6.45, 7) is 0.